The Morgan fingerprint density at radius 1 is 1.39 bits per heavy atom. The summed E-state index contributed by atoms with van der Waals surface area (Å²) in [5.41, 5.74) is 0. The predicted octanol–water partition coefficient (Wildman–Crippen LogP) is 0.953. The molecule has 0 aromatic carbocycles. The molecule has 0 unspecified atom stereocenters. The van der Waals surface area contributed by atoms with Crippen molar-refractivity contribution in [2.45, 2.75) is 56.9 Å². The van der Waals surface area contributed by atoms with Gasteiger partial charge in [0.15, 0.2) is 0 Å². The van der Waals surface area contributed by atoms with E-state index in [1.165, 1.54) is 13.3 Å². The van der Waals surface area contributed by atoms with E-state index in [9.17, 15) is 9.90 Å². The summed E-state index contributed by atoms with van der Waals surface area (Å²) >= 11 is 0. The van der Waals surface area contributed by atoms with Gasteiger partial charge < -0.3 is 15.2 Å². The fraction of sp³-hybridized carbons (Fsp3) is 0.647. The van der Waals surface area contributed by atoms with Crippen LogP contribution in [-0.2, 0) is 4.79 Å². The lowest BCUT2D eigenvalue weighted by Gasteiger charge is -2.37. The molecule has 2 aliphatic rings. The molecule has 6 heteroatoms. The Bertz CT molecular complexity index is 519. The number of carbonyl (C=O) groups excluding carboxylic acids is 1. The molecule has 1 amide bonds. The fourth-order valence-corrected chi connectivity index (χ4v) is 3.79. The molecular formula is C17H25N3O3. The maximum Gasteiger partial charge on any atom is 0.217 e. The van der Waals surface area contributed by atoms with Crippen LogP contribution in [0.4, 0.5) is 0 Å². The number of hydrogen-bond donors (Lipinski definition) is 2. The molecule has 1 aromatic heterocycles. The number of aliphatic hydroxyl groups excluding tert-OH is 1. The van der Waals surface area contributed by atoms with Crippen LogP contribution in [0.3, 0.4) is 0 Å². The minimum atomic E-state index is -0.620. The van der Waals surface area contributed by atoms with E-state index in [0.717, 1.165) is 25.9 Å². The second kappa shape index (κ2) is 7.27. The third-order valence-electron chi connectivity index (χ3n) is 4.75. The van der Waals surface area contributed by atoms with Gasteiger partial charge in [-0.05, 0) is 38.1 Å². The molecule has 2 heterocycles. The SMILES string of the molecule is CC(=O)N[C@@H]1C[C@@H](Oc2cccnc2)[C@H](O)[C@H]1N1CCCCC1. The van der Waals surface area contributed by atoms with Crippen LogP contribution in [0.1, 0.15) is 32.6 Å². The maximum absolute atomic E-state index is 11.5. The summed E-state index contributed by atoms with van der Waals surface area (Å²) in [5.74, 6) is 0.587. The van der Waals surface area contributed by atoms with Gasteiger partial charge in [-0.15, -0.1) is 0 Å². The van der Waals surface area contributed by atoms with Gasteiger partial charge in [-0.1, -0.05) is 6.42 Å². The average Bonchev–Trinajstić information content (AvgIpc) is 2.84. The Kier molecular flexibility index (Phi) is 5.13. The zero-order chi connectivity index (χ0) is 16.2. The number of aliphatic hydroxyl groups is 1. The molecule has 1 saturated carbocycles. The highest BCUT2D eigenvalue weighted by atomic mass is 16.5. The molecule has 1 aliphatic carbocycles. The molecule has 0 radical (unpaired) electrons. The number of piperidine rings is 1. The van der Waals surface area contributed by atoms with Crippen LogP contribution in [0, 0.1) is 0 Å². The van der Waals surface area contributed by atoms with E-state index >= 15 is 0 Å². The van der Waals surface area contributed by atoms with Crippen LogP contribution in [0.15, 0.2) is 24.5 Å². The van der Waals surface area contributed by atoms with Gasteiger partial charge in [-0.25, -0.2) is 0 Å². The molecule has 1 saturated heterocycles. The lowest BCUT2D eigenvalue weighted by atomic mass is 10.0. The van der Waals surface area contributed by atoms with Gasteiger partial charge in [0.05, 0.1) is 18.3 Å². The first-order chi connectivity index (χ1) is 11.1. The monoisotopic (exact) mass is 319 g/mol. The molecule has 23 heavy (non-hydrogen) atoms. The standard InChI is InChI=1S/C17H25N3O3/c1-12(21)19-14-10-15(23-13-6-5-7-18-11-13)17(22)16(14)20-8-3-2-4-9-20/h5-7,11,14-17,22H,2-4,8-10H2,1H3,(H,19,21)/t14-,15-,16+,17+/m1/s1. The van der Waals surface area contributed by atoms with E-state index in [2.05, 4.69) is 15.2 Å². The summed E-state index contributed by atoms with van der Waals surface area (Å²) in [6.45, 7) is 3.46. The number of pyridine rings is 1. The van der Waals surface area contributed by atoms with Gasteiger partial charge in [0.1, 0.15) is 18.0 Å². The molecule has 126 valence electrons. The first-order valence-electron chi connectivity index (χ1n) is 8.41. The van der Waals surface area contributed by atoms with Crippen molar-refractivity contribution in [3.63, 3.8) is 0 Å². The highest BCUT2D eigenvalue weighted by Crippen LogP contribution is 2.30. The van der Waals surface area contributed by atoms with Crippen molar-refractivity contribution < 1.29 is 14.6 Å². The minimum absolute atomic E-state index is 0.0637. The third kappa shape index (κ3) is 3.82. The molecule has 6 nitrogen and oxygen atoms in total. The van der Waals surface area contributed by atoms with Crippen LogP contribution < -0.4 is 10.1 Å². The summed E-state index contributed by atoms with van der Waals surface area (Å²) in [4.78, 5) is 17.9. The van der Waals surface area contributed by atoms with E-state index in [1.807, 2.05) is 12.1 Å². The van der Waals surface area contributed by atoms with Crippen molar-refractivity contribution >= 4 is 5.91 Å². The van der Waals surface area contributed by atoms with Gasteiger partial charge >= 0.3 is 0 Å². The van der Waals surface area contributed by atoms with E-state index in [1.54, 1.807) is 12.4 Å². The molecule has 3 rings (SSSR count). The van der Waals surface area contributed by atoms with E-state index in [0.29, 0.717) is 12.2 Å². The van der Waals surface area contributed by atoms with Crippen molar-refractivity contribution in [1.82, 2.24) is 15.2 Å². The Morgan fingerprint density at radius 2 is 2.17 bits per heavy atom. The number of amides is 1. The van der Waals surface area contributed by atoms with Crippen molar-refractivity contribution in [1.29, 1.82) is 0 Å². The van der Waals surface area contributed by atoms with Crippen molar-refractivity contribution in [3.05, 3.63) is 24.5 Å². The molecule has 0 spiro atoms. The Hall–Kier alpha value is -1.66. The largest absolute Gasteiger partial charge is 0.486 e. The van der Waals surface area contributed by atoms with Gasteiger partial charge in [0.2, 0.25) is 5.91 Å². The number of nitrogens with zero attached hydrogens (tertiary/aromatic N) is 2. The highest BCUT2D eigenvalue weighted by molar-refractivity contribution is 5.73. The second-order valence-electron chi connectivity index (χ2n) is 6.47. The highest BCUT2D eigenvalue weighted by Gasteiger charge is 2.47. The van der Waals surface area contributed by atoms with Gasteiger partial charge in [0, 0.05) is 19.5 Å². The van der Waals surface area contributed by atoms with Crippen molar-refractivity contribution in [2.24, 2.45) is 0 Å². The maximum atomic E-state index is 11.5. The number of hydrogen-bond acceptors (Lipinski definition) is 5. The molecule has 0 bridgehead atoms. The first kappa shape index (κ1) is 16.2. The normalized spacial score (nSPS) is 31.7. The molecule has 1 aromatic rings. The summed E-state index contributed by atoms with van der Waals surface area (Å²) in [6.07, 6.45) is 6.52. The number of rotatable bonds is 4. The first-order valence-corrected chi connectivity index (χ1v) is 8.41. The molecule has 1 aliphatic heterocycles. The van der Waals surface area contributed by atoms with E-state index in [-0.39, 0.29) is 24.1 Å². The summed E-state index contributed by atoms with van der Waals surface area (Å²) < 4.78 is 5.93. The van der Waals surface area contributed by atoms with Crippen LogP contribution >= 0.6 is 0 Å². The van der Waals surface area contributed by atoms with Crippen LogP contribution in [0.5, 0.6) is 5.75 Å². The Morgan fingerprint density at radius 3 is 2.83 bits per heavy atom. The number of likely N-dealkylation sites (tertiary alicyclic amines) is 1. The Labute approximate surface area is 136 Å². The second-order valence-corrected chi connectivity index (χ2v) is 6.47. The molecule has 2 N–H and O–H groups in total. The van der Waals surface area contributed by atoms with Crippen LogP contribution in [-0.4, -0.2) is 58.3 Å². The van der Waals surface area contributed by atoms with Crippen LogP contribution in [0.25, 0.3) is 0 Å². The van der Waals surface area contributed by atoms with Gasteiger partial charge in [-0.3, -0.25) is 14.7 Å². The lowest BCUT2D eigenvalue weighted by molar-refractivity contribution is -0.120. The summed E-state index contributed by atoms with van der Waals surface area (Å²) in [6, 6.07) is 3.48. The minimum Gasteiger partial charge on any atom is -0.486 e. The number of ether oxygens (including phenoxy) is 1. The quantitative estimate of drug-likeness (QED) is 0.864. The van der Waals surface area contributed by atoms with Gasteiger partial charge in [-0.2, -0.15) is 0 Å². The van der Waals surface area contributed by atoms with Gasteiger partial charge in [0.25, 0.3) is 0 Å². The zero-order valence-corrected chi connectivity index (χ0v) is 13.5. The summed E-state index contributed by atoms with van der Waals surface area (Å²) in [7, 11) is 0. The number of carbonyl (C=O) groups is 1. The van der Waals surface area contributed by atoms with E-state index < -0.39 is 6.10 Å². The smallest absolute Gasteiger partial charge is 0.217 e. The predicted molar refractivity (Wildman–Crippen MR) is 86.1 cm³/mol. The van der Waals surface area contributed by atoms with Crippen LogP contribution in [0.2, 0.25) is 0 Å². The molecule has 4 atom stereocenters. The van der Waals surface area contributed by atoms with Crippen molar-refractivity contribution in [3.8, 4) is 5.75 Å². The average molecular weight is 319 g/mol. The molecular weight excluding hydrogens is 294 g/mol. The number of nitrogens with one attached hydrogen (secondary N) is 1. The summed E-state index contributed by atoms with van der Waals surface area (Å²) in [5, 5.41) is 13.8. The lowest BCUT2D eigenvalue weighted by Crippen LogP contribution is -2.54. The Balaban J connectivity index is 1.73. The van der Waals surface area contributed by atoms with E-state index in [4.69, 9.17) is 4.74 Å². The topological polar surface area (TPSA) is 74.7 Å². The molecule has 2 fully saturated rings. The third-order valence-corrected chi connectivity index (χ3v) is 4.75. The van der Waals surface area contributed by atoms with Crippen molar-refractivity contribution in [2.75, 3.05) is 13.1 Å². The fourth-order valence-electron chi connectivity index (χ4n) is 3.79. The zero-order valence-electron chi connectivity index (χ0n) is 13.5. The number of aromatic nitrogens is 1.